The molecule has 0 saturated heterocycles. The molecule has 0 bridgehead atoms. The Hall–Kier alpha value is -1.61. The zero-order chi connectivity index (χ0) is 19.3. The third-order valence-corrected chi connectivity index (χ3v) is 6.56. The van der Waals surface area contributed by atoms with E-state index in [9.17, 15) is 17.6 Å². The lowest BCUT2D eigenvalue weighted by molar-refractivity contribution is -0.115. The van der Waals surface area contributed by atoms with Gasteiger partial charge in [0.15, 0.2) is 0 Å². The molecule has 0 atom stereocenters. The minimum absolute atomic E-state index is 0.0443. The number of rotatable bonds is 7. The van der Waals surface area contributed by atoms with Gasteiger partial charge in [0.25, 0.3) is 0 Å². The van der Waals surface area contributed by atoms with Gasteiger partial charge in [-0.05, 0) is 42.5 Å². The lowest BCUT2D eigenvalue weighted by atomic mass is 10.3. The van der Waals surface area contributed by atoms with Crippen molar-refractivity contribution in [3.8, 4) is 0 Å². The Kier molecular flexibility index (Phi) is 7.05. The van der Waals surface area contributed by atoms with Crippen molar-refractivity contribution in [1.82, 2.24) is 4.31 Å². The number of halogens is 2. The van der Waals surface area contributed by atoms with Crippen molar-refractivity contribution in [3.05, 3.63) is 53.3 Å². The molecule has 0 radical (unpaired) electrons. The van der Waals surface area contributed by atoms with Crippen LogP contribution >= 0.6 is 23.4 Å². The summed E-state index contributed by atoms with van der Waals surface area (Å²) in [5.41, 5.74) is 0.242. The Morgan fingerprint density at radius 3 is 2.46 bits per heavy atom. The van der Waals surface area contributed by atoms with Crippen LogP contribution in [0.1, 0.15) is 6.42 Å². The maximum atomic E-state index is 12.9. The number of amides is 1. The van der Waals surface area contributed by atoms with Crippen LogP contribution in [0.5, 0.6) is 0 Å². The zero-order valence-electron chi connectivity index (χ0n) is 14.2. The first-order valence-corrected chi connectivity index (χ1v) is 10.4. The first-order chi connectivity index (χ1) is 12.2. The lowest BCUT2D eigenvalue weighted by Gasteiger charge is -2.13. The lowest BCUT2D eigenvalue weighted by Crippen LogP contribution is -2.22. The van der Waals surface area contributed by atoms with E-state index in [2.05, 4.69) is 5.32 Å². The highest BCUT2D eigenvalue weighted by Gasteiger charge is 2.19. The number of carbonyl (C=O) groups is 1. The van der Waals surface area contributed by atoms with Crippen molar-refractivity contribution in [2.24, 2.45) is 0 Å². The summed E-state index contributed by atoms with van der Waals surface area (Å²) in [7, 11) is -0.769. The highest BCUT2D eigenvalue weighted by Crippen LogP contribution is 2.27. The first-order valence-electron chi connectivity index (χ1n) is 7.60. The molecule has 9 heteroatoms. The largest absolute Gasteiger partial charge is 0.325 e. The van der Waals surface area contributed by atoms with Crippen molar-refractivity contribution < 1.29 is 17.6 Å². The van der Waals surface area contributed by atoms with Crippen molar-refractivity contribution in [3.63, 3.8) is 0 Å². The van der Waals surface area contributed by atoms with Crippen LogP contribution in [0.2, 0.25) is 5.02 Å². The predicted molar refractivity (Wildman–Crippen MR) is 103 cm³/mol. The highest BCUT2D eigenvalue weighted by atomic mass is 35.5. The predicted octanol–water partition coefficient (Wildman–Crippen LogP) is 3.85. The summed E-state index contributed by atoms with van der Waals surface area (Å²) in [5.74, 6) is -0.111. The Morgan fingerprint density at radius 2 is 1.85 bits per heavy atom. The van der Waals surface area contributed by atoms with E-state index in [1.165, 1.54) is 56.2 Å². The average Bonchev–Trinajstić information content (AvgIpc) is 2.58. The molecular weight excluding hydrogens is 399 g/mol. The maximum Gasteiger partial charge on any atom is 0.242 e. The fourth-order valence-electron chi connectivity index (χ4n) is 1.98. The highest BCUT2D eigenvalue weighted by molar-refractivity contribution is 7.99. The molecule has 0 saturated carbocycles. The van der Waals surface area contributed by atoms with Crippen LogP contribution in [0, 0.1) is 5.82 Å². The second kappa shape index (κ2) is 8.85. The fourth-order valence-corrected chi connectivity index (χ4v) is 3.92. The number of hydrogen-bond donors (Lipinski definition) is 1. The van der Waals surface area contributed by atoms with Gasteiger partial charge in [-0.15, -0.1) is 11.8 Å². The monoisotopic (exact) mass is 416 g/mol. The third-order valence-electron chi connectivity index (χ3n) is 3.40. The van der Waals surface area contributed by atoms with Crippen LogP contribution in [0.4, 0.5) is 10.1 Å². The molecule has 0 fully saturated rings. The number of anilines is 1. The van der Waals surface area contributed by atoms with Crippen LogP contribution < -0.4 is 5.32 Å². The summed E-state index contributed by atoms with van der Waals surface area (Å²) >= 11 is 7.47. The van der Waals surface area contributed by atoms with E-state index in [4.69, 9.17) is 11.6 Å². The van der Waals surface area contributed by atoms with Crippen molar-refractivity contribution in [2.45, 2.75) is 16.2 Å². The van der Waals surface area contributed by atoms with E-state index in [0.29, 0.717) is 5.75 Å². The van der Waals surface area contributed by atoms with Crippen LogP contribution in [0.3, 0.4) is 0 Å². The number of carbonyl (C=O) groups excluding carboxylic acids is 1. The van der Waals surface area contributed by atoms with E-state index in [-0.39, 0.29) is 33.8 Å². The second-order valence-electron chi connectivity index (χ2n) is 5.53. The Morgan fingerprint density at radius 1 is 1.19 bits per heavy atom. The number of sulfonamides is 1. The molecule has 0 aliphatic heterocycles. The van der Waals surface area contributed by atoms with E-state index in [1.807, 2.05) is 0 Å². The minimum Gasteiger partial charge on any atom is -0.325 e. The summed E-state index contributed by atoms with van der Waals surface area (Å²) in [6.45, 7) is 0. The zero-order valence-corrected chi connectivity index (χ0v) is 16.6. The number of nitrogens with one attached hydrogen (secondary N) is 1. The number of hydrogen-bond acceptors (Lipinski definition) is 4. The molecule has 2 aromatic carbocycles. The standard InChI is InChI=1S/C17H18ClFN2O3S2/c1-21(2)26(23,24)14-7-8-15(18)16(11-14)20-17(22)9-10-25-13-5-3-12(19)4-6-13/h3-8,11H,9-10H2,1-2H3,(H,20,22). The Balaban J connectivity index is 1.99. The molecule has 0 aliphatic rings. The molecule has 0 aromatic heterocycles. The molecule has 1 amide bonds. The summed E-state index contributed by atoms with van der Waals surface area (Å²) in [6, 6.07) is 10.2. The molecule has 0 spiro atoms. The number of nitrogens with zero attached hydrogens (tertiary/aromatic N) is 1. The molecule has 1 N–H and O–H groups in total. The summed E-state index contributed by atoms with van der Waals surface area (Å²) in [6.07, 6.45) is 0.197. The van der Waals surface area contributed by atoms with Crippen LogP contribution in [0.25, 0.3) is 0 Å². The van der Waals surface area contributed by atoms with Crippen LogP contribution in [-0.2, 0) is 14.8 Å². The number of benzene rings is 2. The molecule has 0 unspecified atom stereocenters. The molecular formula is C17H18ClFN2O3S2. The van der Waals surface area contributed by atoms with E-state index in [0.717, 1.165) is 9.20 Å². The van der Waals surface area contributed by atoms with Gasteiger partial charge in [0.1, 0.15) is 5.82 Å². The molecule has 0 aliphatic carbocycles. The summed E-state index contributed by atoms with van der Waals surface area (Å²) < 4.78 is 38.3. The Bertz CT molecular complexity index is 887. The van der Waals surface area contributed by atoms with Gasteiger partial charge >= 0.3 is 0 Å². The van der Waals surface area contributed by atoms with Crippen molar-refractivity contribution >= 4 is 45.0 Å². The minimum atomic E-state index is -3.62. The second-order valence-corrected chi connectivity index (χ2v) is 9.26. The molecule has 140 valence electrons. The van der Waals surface area contributed by atoms with E-state index >= 15 is 0 Å². The smallest absolute Gasteiger partial charge is 0.242 e. The molecule has 0 heterocycles. The van der Waals surface area contributed by atoms with Gasteiger partial charge in [-0.1, -0.05) is 11.6 Å². The van der Waals surface area contributed by atoms with Gasteiger partial charge in [-0.2, -0.15) is 0 Å². The summed E-state index contributed by atoms with van der Waals surface area (Å²) in [5, 5.41) is 2.88. The van der Waals surface area contributed by atoms with Gasteiger partial charge in [-0.3, -0.25) is 4.79 Å². The van der Waals surface area contributed by atoms with Crippen molar-refractivity contribution in [2.75, 3.05) is 25.2 Å². The normalized spacial score (nSPS) is 11.6. The molecule has 2 rings (SSSR count). The van der Waals surface area contributed by atoms with Gasteiger partial charge in [0, 0.05) is 31.2 Å². The van der Waals surface area contributed by atoms with E-state index < -0.39 is 10.0 Å². The van der Waals surface area contributed by atoms with Gasteiger partial charge in [0.2, 0.25) is 15.9 Å². The topological polar surface area (TPSA) is 66.5 Å². The quantitative estimate of drug-likeness (QED) is 0.696. The van der Waals surface area contributed by atoms with E-state index in [1.54, 1.807) is 12.1 Å². The fraction of sp³-hybridized carbons (Fsp3) is 0.235. The van der Waals surface area contributed by atoms with Crippen molar-refractivity contribution in [1.29, 1.82) is 0 Å². The van der Waals surface area contributed by atoms with Gasteiger partial charge < -0.3 is 5.32 Å². The van der Waals surface area contributed by atoms with Crippen LogP contribution in [0.15, 0.2) is 52.3 Å². The van der Waals surface area contributed by atoms with Gasteiger partial charge in [-0.25, -0.2) is 17.1 Å². The average molecular weight is 417 g/mol. The first kappa shape index (κ1) is 20.7. The summed E-state index contributed by atoms with van der Waals surface area (Å²) in [4.78, 5) is 13.0. The Labute approximate surface area is 161 Å². The molecule has 5 nitrogen and oxygen atoms in total. The van der Waals surface area contributed by atoms with Crippen LogP contribution in [-0.4, -0.2) is 38.5 Å². The third kappa shape index (κ3) is 5.44. The van der Waals surface area contributed by atoms with Gasteiger partial charge in [0.05, 0.1) is 15.6 Å². The maximum absolute atomic E-state index is 12.9. The molecule has 2 aromatic rings. The SMILES string of the molecule is CN(C)S(=O)(=O)c1ccc(Cl)c(NC(=O)CCSc2ccc(F)cc2)c1. The number of thioether (sulfide) groups is 1. The molecule has 26 heavy (non-hydrogen) atoms.